The van der Waals surface area contributed by atoms with Gasteiger partial charge in [0.1, 0.15) is 6.04 Å². The van der Waals surface area contributed by atoms with Gasteiger partial charge in [0.15, 0.2) is 8.32 Å². The molecule has 1 saturated heterocycles. The lowest BCUT2D eigenvalue weighted by Crippen LogP contribution is -2.53. The summed E-state index contributed by atoms with van der Waals surface area (Å²) in [6.07, 6.45) is 12.5. The Morgan fingerprint density at radius 2 is 1.91 bits per heavy atom. The molecule has 1 fully saturated rings. The number of likely N-dealkylation sites (tertiary alicyclic amines) is 1. The largest absolute Gasteiger partial charge is 0.468 e. The summed E-state index contributed by atoms with van der Waals surface area (Å²) >= 11 is 0. The van der Waals surface area contributed by atoms with Crippen molar-refractivity contribution in [3.05, 3.63) is 66.8 Å². The van der Waals surface area contributed by atoms with Crippen LogP contribution in [0.3, 0.4) is 0 Å². The van der Waals surface area contributed by atoms with Crippen LogP contribution in [0.2, 0.25) is 18.1 Å². The Kier molecular flexibility index (Phi) is 8.20. The standard InChI is InChI=1S/C28H41NO3Si/c1-8-13-23-25(32-33(6,7)28(2,3)4)18-17-22-20-24(27(30)31-5)29(26(22)23)19-12-16-21-14-10-9-11-15-21/h8-12,14-18,22-26H,1,13,19-20H2,2-7H3/b16-12+/t22-,23+,24-,25+,26-/m0/s1. The number of rotatable bonds is 8. The average molecular weight is 468 g/mol. The minimum Gasteiger partial charge on any atom is -0.468 e. The second-order valence-corrected chi connectivity index (χ2v) is 15.6. The fourth-order valence-electron chi connectivity index (χ4n) is 4.93. The summed E-state index contributed by atoms with van der Waals surface area (Å²) in [6, 6.07) is 10.3. The second-order valence-electron chi connectivity index (χ2n) is 10.9. The van der Waals surface area contributed by atoms with Crippen LogP contribution in [-0.2, 0) is 14.0 Å². The summed E-state index contributed by atoms with van der Waals surface area (Å²) < 4.78 is 12.1. The first-order chi connectivity index (χ1) is 15.6. The number of ether oxygens (including phenoxy) is 1. The number of hydrogen-bond donors (Lipinski definition) is 0. The van der Waals surface area contributed by atoms with Gasteiger partial charge in [-0.2, -0.15) is 0 Å². The molecule has 4 nitrogen and oxygen atoms in total. The highest BCUT2D eigenvalue weighted by Gasteiger charge is 2.51. The zero-order valence-electron chi connectivity index (χ0n) is 21.2. The molecule has 1 aromatic rings. The number of carbonyl (C=O) groups excluding carboxylic acids is 1. The third-order valence-corrected chi connectivity index (χ3v) is 12.2. The SMILES string of the molecule is C=CC[C@H]1[C@@H]2[C@@H](C=C[C@H]1O[Si](C)(C)C(C)(C)C)C[C@@H](C(=O)OC)N2C/C=C/c1ccccc1. The van der Waals surface area contributed by atoms with Crippen LogP contribution in [-0.4, -0.2) is 51.0 Å². The van der Waals surface area contributed by atoms with Crippen LogP contribution in [0.5, 0.6) is 0 Å². The summed E-state index contributed by atoms with van der Waals surface area (Å²) in [4.78, 5) is 15.1. The molecule has 0 unspecified atom stereocenters. The highest BCUT2D eigenvalue weighted by atomic mass is 28.4. The van der Waals surface area contributed by atoms with Gasteiger partial charge in [0.05, 0.1) is 13.2 Å². The van der Waals surface area contributed by atoms with Gasteiger partial charge in [-0.05, 0) is 42.5 Å². The van der Waals surface area contributed by atoms with E-state index >= 15 is 0 Å². The summed E-state index contributed by atoms with van der Waals surface area (Å²) in [5, 5.41) is 0.138. The van der Waals surface area contributed by atoms with E-state index in [1.807, 2.05) is 24.3 Å². The molecular formula is C28H41NO3Si. The maximum atomic E-state index is 12.8. The minimum absolute atomic E-state index is 0.0298. The minimum atomic E-state index is -1.95. The molecule has 0 saturated carbocycles. The quantitative estimate of drug-likeness (QED) is 0.264. The maximum absolute atomic E-state index is 12.8. The number of fused-ring (bicyclic) bond motifs is 1. The number of allylic oxidation sites excluding steroid dienone is 1. The lowest BCUT2D eigenvalue weighted by atomic mass is 9.78. The predicted octanol–water partition coefficient (Wildman–Crippen LogP) is 6.08. The Hall–Kier alpha value is -1.95. The Balaban J connectivity index is 1.89. The summed E-state index contributed by atoms with van der Waals surface area (Å²) in [5.74, 6) is 0.417. The highest BCUT2D eigenvalue weighted by Crippen LogP contribution is 2.45. The van der Waals surface area contributed by atoms with Crippen molar-refractivity contribution in [3.63, 3.8) is 0 Å². The van der Waals surface area contributed by atoms with Gasteiger partial charge in [-0.3, -0.25) is 9.69 Å². The molecule has 0 bridgehead atoms. The van der Waals surface area contributed by atoms with Crippen molar-refractivity contribution < 1.29 is 14.0 Å². The molecule has 180 valence electrons. The molecule has 1 aliphatic carbocycles. The molecule has 3 rings (SSSR count). The van der Waals surface area contributed by atoms with Crippen molar-refractivity contribution in [3.8, 4) is 0 Å². The van der Waals surface area contributed by atoms with Crippen molar-refractivity contribution in [2.45, 2.75) is 69.9 Å². The summed E-state index contributed by atoms with van der Waals surface area (Å²) in [7, 11) is -0.465. The first-order valence-electron chi connectivity index (χ1n) is 12.1. The van der Waals surface area contributed by atoms with Gasteiger partial charge in [0.2, 0.25) is 0 Å². The molecule has 0 spiro atoms. The highest BCUT2D eigenvalue weighted by molar-refractivity contribution is 6.74. The number of esters is 1. The number of benzene rings is 1. The van der Waals surface area contributed by atoms with Gasteiger partial charge in [-0.25, -0.2) is 0 Å². The van der Waals surface area contributed by atoms with Crippen molar-refractivity contribution in [1.82, 2.24) is 4.90 Å². The molecule has 1 aliphatic heterocycles. The van der Waals surface area contributed by atoms with Crippen LogP contribution in [0.4, 0.5) is 0 Å². The van der Waals surface area contributed by atoms with E-state index in [-0.39, 0.29) is 35.1 Å². The van der Waals surface area contributed by atoms with E-state index in [1.54, 1.807) is 0 Å². The fraction of sp³-hybridized carbons (Fsp3) is 0.536. The Labute approximate surface area is 201 Å². The zero-order chi connectivity index (χ0) is 24.2. The number of nitrogens with zero attached hydrogens (tertiary/aromatic N) is 1. The predicted molar refractivity (Wildman–Crippen MR) is 139 cm³/mol. The zero-order valence-corrected chi connectivity index (χ0v) is 22.2. The number of carbonyl (C=O) groups is 1. The Morgan fingerprint density at radius 3 is 2.52 bits per heavy atom. The monoisotopic (exact) mass is 467 g/mol. The molecule has 0 N–H and O–H groups in total. The van der Waals surface area contributed by atoms with E-state index in [0.717, 1.165) is 18.4 Å². The maximum Gasteiger partial charge on any atom is 0.323 e. The van der Waals surface area contributed by atoms with Crippen LogP contribution < -0.4 is 0 Å². The first-order valence-corrected chi connectivity index (χ1v) is 15.0. The smallest absolute Gasteiger partial charge is 0.323 e. The molecule has 2 aliphatic rings. The van der Waals surface area contributed by atoms with E-state index in [9.17, 15) is 4.79 Å². The molecule has 5 heteroatoms. The lowest BCUT2D eigenvalue weighted by molar-refractivity contribution is -0.146. The number of methoxy groups -OCH3 is 1. The van der Waals surface area contributed by atoms with Gasteiger partial charge >= 0.3 is 5.97 Å². The van der Waals surface area contributed by atoms with Gasteiger partial charge in [-0.1, -0.05) is 81.5 Å². The molecule has 33 heavy (non-hydrogen) atoms. The van der Waals surface area contributed by atoms with Crippen molar-refractivity contribution in [2.24, 2.45) is 11.8 Å². The molecule has 0 amide bonds. The van der Waals surface area contributed by atoms with Crippen LogP contribution in [0.1, 0.15) is 39.2 Å². The Morgan fingerprint density at radius 1 is 1.21 bits per heavy atom. The second kappa shape index (κ2) is 10.5. The van der Waals surface area contributed by atoms with Gasteiger partial charge in [0, 0.05) is 18.5 Å². The van der Waals surface area contributed by atoms with E-state index in [0.29, 0.717) is 12.5 Å². The third kappa shape index (κ3) is 5.76. The first kappa shape index (κ1) is 25.7. The van der Waals surface area contributed by atoms with E-state index in [2.05, 4.69) is 81.8 Å². The average Bonchev–Trinajstić information content (AvgIpc) is 3.13. The van der Waals surface area contributed by atoms with E-state index < -0.39 is 8.32 Å². The Bertz CT molecular complexity index is 871. The normalized spacial score (nSPS) is 28.1. The van der Waals surface area contributed by atoms with Crippen LogP contribution in [0.15, 0.2) is 61.2 Å². The molecule has 1 heterocycles. The third-order valence-electron chi connectivity index (χ3n) is 7.70. The molecule has 0 aromatic heterocycles. The van der Waals surface area contributed by atoms with Crippen molar-refractivity contribution in [1.29, 1.82) is 0 Å². The fourth-order valence-corrected chi connectivity index (χ4v) is 6.22. The van der Waals surface area contributed by atoms with Gasteiger partial charge in [0.25, 0.3) is 0 Å². The lowest BCUT2D eigenvalue weighted by Gasteiger charge is -2.45. The topological polar surface area (TPSA) is 38.8 Å². The van der Waals surface area contributed by atoms with Crippen LogP contribution in [0, 0.1) is 11.8 Å². The van der Waals surface area contributed by atoms with E-state index in [4.69, 9.17) is 9.16 Å². The number of hydrogen-bond acceptors (Lipinski definition) is 4. The molecule has 5 atom stereocenters. The summed E-state index contributed by atoms with van der Waals surface area (Å²) in [5.41, 5.74) is 1.16. The molecule has 0 radical (unpaired) electrons. The van der Waals surface area contributed by atoms with Crippen LogP contribution in [0.25, 0.3) is 6.08 Å². The van der Waals surface area contributed by atoms with Crippen LogP contribution >= 0.6 is 0 Å². The van der Waals surface area contributed by atoms with Crippen molar-refractivity contribution >= 4 is 20.4 Å². The van der Waals surface area contributed by atoms with E-state index in [1.165, 1.54) is 7.11 Å². The summed E-state index contributed by atoms with van der Waals surface area (Å²) in [6.45, 7) is 16.2. The van der Waals surface area contributed by atoms with Gasteiger partial charge < -0.3 is 9.16 Å². The molecular weight excluding hydrogens is 426 g/mol. The molecule has 1 aromatic carbocycles. The van der Waals surface area contributed by atoms with Gasteiger partial charge in [-0.15, -0.1) is 6.58 Å². The van der Waals surface area contributed by atoms with Crippen molar-refractivity contribution in [2.75, 3.05) is 13.7 Å².